The number of hydrogen-bond acceptors (Lipinski definition) is 5. The first-order chi connectivity index (χ1) is 6.03. The summed E-state index contributed by atoms with van der Waals surface area (Å²) in [7, 11) is 0. The van der Waals surface area contributed by atoms with E-state index in [1.165, 1.54) is 0 Å². The number of carbonyl (C=O) groups excluding carboxylic acids is 1. The van der Waals surface area contributed by atoms with Crippen LogP contribution in [0, 0.1) is 0 Å². The molecule has 1 unspecified atom stereocenters. The van der Waals surface area contributed by atoms with Crippen molar-refractivity contribution in [1.82, 2.24) is 0 Å². The molecule has 1 rings (SSSR count). The number of carbonyl (C=O) groups is 1. The fraction of sp³-hybridized carbons (Fsp3) is 0.833. The van der Waals surface area contributed by atoms with Gasteiger partial charge in [-0.25, -0.2) is 0 Å². The molecule has 0 aliphatic carbocycles. The molecule has 0 aromatic carbocycles. The second-order valence-corrected chi connectivity index (χ2v) is 2.89. The smallest absolute Gasteiger partial charge is 0.311 e. The number of rotatable bonds is 2. The number of aliphatic hydroxyl groups is 2. The Bertz CT molecular complexity index is 257. The van der Waals surface area contributed by atoms with Crippen molar-refractivity contribution in [2.75, 3.05) is 6.54 Å². The molecule has 1 aliphatic rings. The van der Waals surface area contributed by atoms with E-state index in [1.807, 2.05) is 0 Å². The van der Waals surface area contributed by atoms with Gasteiger partial charge in [0.15, 0.2) is 5.79 Å². The van der Waals surface area contributed by atoms with Crippen LogP contribution in [0.2, 0.25) is 0 Å². The van der Waals surface area contributed by atoms with Crippen LogP contribution in [-0.4, -0.2) is 34.6 Å². The standard InChI is InChI=1S/C6H9N3O4/c7-9-8-3-4-1-6(11,12)2-5(10)13-4/h4,11-12H,1-3H2. The number of ether oxygens (including phenoxy) is 1. The Balaban J connectivity index is 2.57. The van der Waals surface area contributed by atoms with E-state index < -0.39 is 24.3 Å². The normalized spacial score (nSPS) is 26.0. The van der Waals surface area contributed by atoms with Crippen molar-refractivity contribution in [1.29, 1.82) is 0 Å². The summed E-state index contributed by atoms with van der Waals surface area (Å²) in [5.41, 5.74) is 7.99. The molecule has 72 valence electrons. The summed E-state index contributed by atoms with van der Waals surface area (Å²) in [5.74, 6) is -2.74. The number of esters is 1. The van der Waals surface area contributed by atoms with Crippen LogP contribution in [0.3, 0.4) is 0 Å². The molecule has 7 nitrogen and oxygen atoms in total. The van der Waals surface area contributed by atoms with E-state index >= 15 is 0 Å². The van der Waals surface area contributed by atoms with Crippen molar-refractivity contribution in [2.45, 2.75) is 24.7 Å². The molecule has 1 fully saturated rings. The third-order valence-electron chi connectivity index (χ3n) is 1.63. The highest BCUT2D eigenvalue weighted by molar-refractivity contribution is 5.71. The minimum absolute atomic E-state index is 0.0783. The van der Waals surface area contributed by atoms with Gasteiger partial charge in [0.2, 0.25) is 0 Å². The quantitative estimate of drug-likeness (QED) is 0.202. The first-order valence-corrected chi connectivity index (χ1v) is 3.68. The Labute approximate surface area is 73.6 Å². The summed E-state index contributed by atoms with van der Waals surface area (Å²) < 4.78 is 4.70. The van der Waals surface area contributed by atoms with Gasteiger partial charge in [0.25, 0.3) is 0 Å². The average Bonchev–Trinajstić information content (AvgIpc) is 1.97. The van der Waals surface area contributed by atoms with E-state index in [4.69, 9.17) is 20.5 Å². The molecule has 0 radical (unpaired) electrons. The maximum Gasteiger partial charge on any atom is 0.311 e. The Morgan fingerprint density at radius 2 is 2.46 bits per heavy atom. The summed E-state index contributed by atoms with van der Waals surface area (Å²) in [4.78, 5) is 13.2. The third kappa shape index (κ3) is 2.90. The SMILES string of the molecule is [N-]=[N+]=NCC1CC(O)(O)CC(=O)O1. The van der Waals surface area contributed by atoms with Crippen LogP contribution >= 0.6 is 0 Å². The third-order valence-corrected chi connectivity index (χ3v) is 1.63. The lowest BCUT2D eigenvalue weighted by atomic mass is 10.0. The zero-order valence-corrected chi connectivity index (χ0v) is 6.75. The van der Waals surface area contributed by atoms with Crippen LogP contribution in [0.1, 0.15) is 12.8 Å². The molecule has 1 saturated heterocycles. The summed E-state index contributed by atoms with van der Waals surface area (Å²) in [6.07, 6.45) is -1.32. The van der Waals surface area contributed by atoms with Crippen LogP contribution in [-0.2, 0) is 9.53 Å². The lowest BCUT2D eigenvalue weighted by Crippen LogP contribution is -2.44. The summed E-state index contributed by atoms with van der Waals surface area (Å²) in [6, 6.07) is 0. The summed E-state index contributed by atoms with van der Waals surface area (Å²) in [5, 5.41) is 21.4. The number of hydrogen-bond donors (Lipinski definition) is 2. The van der Waals surface area contributed by atoms with Crippen LogP contribution in [0.4, 0.5) is 0 Å². The predicted molar refractivity (Wildman–Crippen MR) is 40.3 cm³/mol. The summed E-state index contributed by atoms with van der Waals surface area (Å²) >= 11 is 0. The van der Waals surface area contributed by atoms with Gasteiger partial charge < -0.3 is 14.9 Å². The van der Waals surface area contributed by atoms with Gasteiger partial charge in [0, 0.05) is 11.3 Å². The zero-order valence-electron chi connectivity index (χ0n) is 6.75. The van der Waals surface area contributed by atoms with Crippen molar-refractivity contribution >= 4 is 5.97 Å². The Morgan fingerprint density at radius 3 is 3.00 bits per heavy atom. The highest BCUT2D eigenvalue weighted by Gasteiger charge is 2.37. The van der Waals surface area contributed by atoms with Crippen LogP contribution in [0.15, 0.2) is 5.11 Å². The molecule has 0 amide bonds. The van der Waals surface area contributed by atoms with Crippen LogP contribution in [0.5, 0.6) is 0 Å². The van der Waals surface area contributed by atoms with Gasteiger partial charge in [-0.2, -0.15) is 0 Å². The highest BCUT2D eigenvalue weighted by atomic mass is 16.6. The maximum absolute atomic E-state index is 10.8. The molecule has 1 aliphatic heterocycles. The number of nitrogens with zero attached hydrogens (tertiary/aromatic N) is 3. The number of azide groups is 1. The van der Waals surface area contributed by atoms with Gasteiger partial charge in [0.1, 0.15) is 6.10 Å². The minimum Gasteiger partial charge on any atom is -0.462 e. The van der Waals surface area contributed by atoms with Crippen molar-refractivity contribution < 1.29 is 19.7 Å². The van der Waals surface area contributed by atoms with E-state index in [2.05, 4.69) is 10.0 Å². The van der Waals surface area contributed by atoms with E-state index in [9.17, 15) is 4.79 Å². The second kappa shape index (κ2) is 3.61. The van der Waals surface area contributed by atoms with Crippen molar-refractivity contribution in [3.63, 3.8) is 0 Å². The largest absolute Gasteiger partial charge is 0.462 e. The zero-order chi connectivity index (χ0) is 9.90. The predicted octanol–water partition coefficient (Wildman–Crippen LogP) is -0.317. The van der Waals surface area contributed by atoms with Gasteiger partial charge >= 0.3 is 5.97 Å². The monoisotopic (exact) mass is 187 g/mol. The first-order valence-electron chi connectivity index (χ1n) is 3.68. The average molecular weight is 187 g/mol. The molecular formula is C6H9N3O4. The van der Waals surface area contributed by atoms with Gasteiger partial charge in [-0.05, 0) is 5.53 Å². The van der Waals surface area contributed by atoms with Gasteiger partial charge in [-0.3, -0.25) is 4.79 Å². The highest BCUT2D eigenvalue weighted by Crippen LogP contribution is 2.22. The molecule has 0 aromatic heterocycles. The maximum atomic E-state index is 10.8. The molecular weight excluding hydrogens is 178 g/mol. The topological polar surface area (TPSA) is 116 Å². The Kier molecular flexibility index (Phi) is 2.72. The second-order valence-electron chi connectivity index (χ2n) is 2.89. The first kappa shape index (κ1) is 9.79. The fourth-order valence-electron chi connectivity index (χ4n) is 1.17. The van der Waals surface area contributed by atoms with E-state index in [-0.39, 0.29) is 13.0 Å². The van der Waals surface area contributed by atoms with E-state index in [0.717, 1.165) is 0 Å². The van der Waals surface area contributed by atoms with Crippen molar-refractivity contribution in [2.24, 2.45) is 5.11 Å². The van der Waals surface area contributed by atoms with Crippen LogP contribution in [0.25, 0.3) is 10.4 Å². The lowest BCUT2D eigenvalue weighted by Gasteiger charge is -2.30. The molecule has 2 N–H and O–H groups in total. The summed E-state index contributed by atoms with van der Waals surface area (Å²) in [6.45, 7) is -0.0783. The molecule has 1 heterocycles. The molecule has 13 heavy (non-hydrogen) atoms. The van der Waals surface area contributed by atoms with Gasteiger partial charge in [-0.15, -0.1) is 0 Å². The molecule has 1 atom stereocenters. The Morgan fingerprint density at radius 1 is 1.77 bits per heavy atom. The van der Waals surface area contributed by atoms with E-state index in [1.54, 1.807) is 0 Å². The van der Waals surface area contributed by atoms with Crippen molar-refractivity contribution in [3.8, 4) is 0 Å². The Hall–Kier alpha value is -1.30. The minimum atomic E-state index is -2.04. The lowest BCUT2D eigenvalue weighted by molar-refractivity contribution is -0.221. The van der Waals surface area contributed by atoms with E-state index in [0.29, 0.717) is 0 Å². The van der Waals surface area contributed by atoms with Crippen molar-refractivity contribution in [3.05, 3.63) is 10.4 Å². The fourth-order valence-corrected chi connectivity index (χ4v) is 1.17. The molecule has 0 spiro atoms. The van der Waals surface area contributed by atoms with Gasteiger partial charge in [-0.1, -0.05) is 5.11 Å². The molecule has 0 bridgehead atoms. The molecule has 0 aromatic rings. The molecule has 7 heteroatoms. The molecule has 0 saturated carbocycles. The number of cyclic esters (lactones) is 1. The van der Waals surface area contributed by atoms with Crippen LogP contribution < -0.4 is 0 Å². The van der Waals surface area contributed by atoms with Gasteiger partial charge in [0.05, 0.1) is 13.0 Å².